The molecule has 1 unspecified atom stereocenters. The fraction of sp³-hybridized carbons (Fsp3) is 0.472. The predicted octanol–water partition coefficient (Wildman–Crippen LogP) is 7.63. The van der Waals surface area contributed by atoms with Crippen LogP contribution in [0.5, 0.6) is 0 Å². The van der Waals surface area contributed by atoms with Gasteiger partial charge in [0.25, 0.3) is 5.91 Å². The van der Waals surface area contributed by atoms with E-state index < -0.39 is 12.1 Å². The monoisotopic (exact) mass is 613 g/mol. The molecule has 2 aliphatic carbocycles. The van der Waals surface area contributed by atoms with Crippen molar-refractivity contribution in [2.75, 3.05) is 31.6 Å². The van der Waals surface area contributed by atoms with Crippen molar-refractivity contribution < 1.29 is 19.1 Å². The van der Waals surface area contributed by atoms with Crippen molar-refractivity contribution in [3.8, 4) is 11.1 Å². The maximum atomic E-state index is 13.7. The molecule has 2 saturated heterocycles. The second-order valence-corrected chi connectivity index (χ2v) is 13.0. The fourth-order valence-electron chi connectivity index (χ4n) is 7.27. The van der Waals surface area contributed by atoms with E-state index in [0.717, 1.165) is 81.1 Å². The second kappa shape index (κ2) is 13.6. The maximum absolute atomic E-state index is 13.7. The summed E-state index contributed by atoms with van der Waals surface area (Å²) >= 11 is 1.55. The van der Waals surface area contributed by atoms with E-state index in [2.05, 4.69) is 29.6 Å². The second-order valence-electron chi connectivity index (χ2n) is 11.9. The molecule has 2 fully saturated rings. The van der Waals surface area contributed by atoms with Crippen LogP contribution in [0.4, 0.5) is 9.80 Å². The van der Waals surface area contributed by atoms with Crippen LogP contribution < -0.4 is 5.32 Å². The van der Waals surface area contributed by atoms with Gasteiger partial charge >= 0.3 is 6.09 Å². The van der Waals surface area contributed by atoms with Gasteiger partial charge in [-0.2, -0.15) is 0 Å². The van der Waals surface area contributed by atoms with E-state index in [9.17, 15) is 14.4 Å². The van der Waals surface area contributed by atoms with E-state index in [-0.39, 0.29) is 24.3 Å². The topological polar surface area (TPSA) is 79.0 Å². The Bertz CT molecular complexity index is 1480. The summed E-state index contributed by atoms with van der Waals surface area (Å²) in [5.74, 6) is -0.214. The number of fused-ring (bicyclic) bond motifs is 4. The van der Waals surface area contributed by atoms with Crippen molar-refractivity contribution >= 4 is 34.2 Å². The molecule has 232 valence electrons. The first-order valence-corrected chi connectivity index (χ1v) is 17.3. The van der Waals surface area contributed by atoms with Gasteiger partial charge in [-0.15, -0.1) is 11.3 Å². The summed E-state index contributed by atoms with van der Waals surface area (Å²) in [6.45, 7) is 6.25. The van der Waals surface area contributed by atoms with Crippen molar-refractivity contribution in [2.24, 2.45) is 0 Å². The number of piperidine rings is 1. The molecule has 0 spiro atoms. The van der Waals surface area contributed by atoms with Crippen LogP contribution in [0.2, 0.25) is 0 Å². The number of nitrogens with zero attached hydrogens (tertiary/aromatic N) is 2. The molecule has 7 rings (SSSR count). The summed E-state index contributed by atoms with van der Waals surface area (Å²) in [7, 11) is 0. The molecular formula is C36H43N3O4S. The lowest BCUT2D eigenvalue weighted by atomic mass is 9.94. The Kier molecular flexibility index (Phi) is 9.36. The third-order valence-corrected chi connectivity index (χ3v) is 10.6. The molecule has 44 heavy (non-hydrogen) atoms. The highest BCUT2D eigenvalue weighted by molar-refractivity contribution is 7.17. The molecule has 7 nitrogen and oxygen atoms in total. The highest BCUT2D eigenvalue weighted by Gasteiger charge is 2.38. The summed E-state index contributed by atoms with van der Waals surface area (Å²) < 4.78 is 5.91. The summed E-state index contributed by atoms with van der Waals surface area (Å²) in [5, 5.41) is 3.77. The molecule has 1 atom stereocenters. The summed E-state index contributed by atoms with van der Waals surface area (Å²) in [6.07, 6.45) is 8.07. The molecule has 4 aliphatic rings. The number of hydrogen-bond donors (Lipinski definition) is 1. The van der Waals surface area contributed by atoms with E-state index >= 15 is 0 Å². The molecule has 0 saturated carbocycles. The Labute approximate surface area is 264 Å². The third kappa shape index (κ3) is 5.76. The Hall–Kier alpha value is -3.65. The zero-order chi connectivity index (χ0) is 30.6. The van der Waals surface area contributed by atoms with Crippen LogP contribution in [0.3, 0.4) is 0 Å². The summed E-state index contributed by atoms with van der Waals surface area (Å²) in [5.41, 5.74) is 6.50. The molecule has 3 aromatic rings. The van der Waals surface area contributed by atoms with Crippen LogP contribution in [-0.4, -0.2) is 60.0 Å². The van der Waals surface area contributed by atoms with Gasteiger partial charge in [0.15, 0.2) is 0 Å². The standard InChI is InChI=1S/C34H37N3O4S.C2H6/c38-31(35-32-30(26-15-6-7-17-29(26)42-32)33(39)36-18-8-1-9-19-36)28-16-10-20-37(28)34(40)41-21-27-24-13-4-2-11-22(24)23-12-3-5-14-25(23)27;1-2/h2-5,11-14,27-28H,1,6-10,15-21H2,(H,35,38);1-2H3. The number of carbonyl (C=O) groups is 3. The number of nitrogens with one attached hydrogen (secondary N) is 1. The van der Waals surface area contributed by atoms with Crippen LogP contribution in [0.15, 0.2) is 48.5 Å². The first-order chi connectivity index (χ1) is 21.6. The average molecular weight is 614 g/mol. The van der Waals surface area contributed by atoms with Crippen LogP contribution >= 0.6 is 11.3 Å². The van der Waals surface area contributed by atoms with Gasteiger partial charge in [0.1, 0.15) is 17.6 Å². The Morgan fingerprint density at radius 3 is 2.20 bits per heavy atom. The minimum Gasteiger partial charge on any atom is -0.448 e. The van der Waals surface area contributed by atoms with Crippen molar-refractivity contribution in [3.63, 3.8) is 0 Å². The van der Waals surface area contributed by atoms with Gasteiger partial charge in [0, 0.05) is 30.4 Å². The lowest BCUT2D eigenvalue weighted by Crippen LogP contribution is -2.44. The Morgan fingerprint density at radius 1 is 0.841 bits per heavy atom. The number of thiophene rings is 1. The summed E-state index contributed by atoms with van der Waals surface area (Å²) in [4.78, 5) is 45.6. The molecule has 2 aromatic carbocycles. The summed E-state index contributed by atoms with van der Waals surface area (Å²) in [6, 6.07) is 15.9. The largest absolute Gasteiger partial charge is 0.448 e. The maximum Gasteiger partial charge on any atom is 0.410 e. The minimum atomic E-state index is -0.613. The number of ether oxygens (including phenoxy) is 1. The van der Waals surface area contributed by atoms with E-state index in [1.165, 1.54) is 16.0 Å². The molecule has 2 aliphatic heterocycles. The number of benzene rings is 2. The van der Waals surface area contributed by atoms with Crippen LogP contribution in [0.25, 0.3) is 11.1 Å². The Morgan fingerprint density at radius 2 is 1.50 bits per heavy atom. The van der Waals surface area contributed by atoms with Gasteiger partial charge in [-0.3, -0.25) is 14.5 Å². The molecule has 3 amide bonds. The van der Waals surface area contributed by atoms with Gasteiger partial charge in [0.05, 0.1) is 5.56 Å². The fourth-order valence-corrected chi connectivity index (χ4v) is 8.55. The lowest BCUT2D eigenvalue weighted by molar-refractivity contribution is -0.120. The highest BCUT2D eigenvalue weighted by atomic mass is 32.1. The number of likely N-dealkylation sites (tertiary alicyclic amines) is 2. The number of rotatable bonds is 5. The van der Waals surface area contributed by atoms with Gasteiger partial charge in [-0.1, -0.05) is 62.4 Å². The normalized spacial score (nSPS) is 18.9. The number of amides is 3. The molecule has 1 aromatic heterocycles. The zero-order valence-corrected chi connectivity index (χ0v) is 26.7. The quantitative estimate of drug-likeness (QED) is 0.321. The van der Waals surface area contributed by atoms with Crippen molar-refractivity contribution in [1.82, 2.24) is 9.80 Å². The number of aryl methyl sites for hydroxylation is 1. The minimum absolute atomic E-state index is 0.0305. The predicted molar refractivity (Wildman–Crippen MR) is 175 cm³/mol. The SMILES string of the molecule is CC.O=C(Nc1sc2c(c1C(=O)N1CCCCC1)CCCC2)C1CCCN1C(=O)OCC1c2ccccc2-c2ccccc21. The first-order valence-electron chi connectivity index (χ1n) is 16.5. The van der Waals surface area contributed by atoms with Crippen LogP contribution in [0.1, 0.15) is 96.6 Å². The highest BCUT2D eigenvalue weighted by Crippen LogP contribution is 2.45. The molecule has 8 heteroatoms. The molecule has 3 heterocycles. The third-order valence-electron chi connectivity index (χ3n) is 9.39. The zero-order valence-electron chi connectivity index (χ0n) is 25.9. The van der Waals surface area contributed by atoms with Crippen LogP contribution in [-0.2, 0) is 22.4 Å². The van der Waals surface area contributed by atoms with E-state index in [1.54, 1.807) is 16.2 Å². The van der Waals surface area contributed by atoms with Gasteiger partial charge in [0.2, 0.25) is 5.91 Å². The van der Waals surface area contributed by atoms with Gasteiger partial charge in [-0.25, -0.2) is 4.79 Å². The number of anilines is 1. The lowest BCUT2D eigenvalue weighted by Gasteiger charge is -2.28. The number of hydrogen-bond acceptors (Lipinski definition) is 5. The molecule has 0 radical (unpaired) electrons. The van der Waals surface area contributed by atoms with Gasteiger partial charge < -0.3 is 15.0 Å². The van der Waals surface area contributed by atoms with E-state index in [1.807, 2.05) is 43.0 Å². The molecule has 0 bridgehead atoms. The van der Waals surface area contributed by atoms with Crippen molar-refractivity contribution in [1.29, 1.82) is 0 Å². The van der Waals surface area contributed by atoms with E-state index in [4.69, 9.17) is 4.74 Å². The van der Waals surface area contributed by atoms with E-state index in [0.29, 0.717) is 23.5 Å². The number of carbonyl (C=O) groups excluding carboxylic acids is 3. The van der Waals surface area contributed by atoms with Crippen LogP contribution in [0, 0.1) is 0 Å². The smallest absolute Gasteiger partial charge is 0.410 e. The van der Waals surface area contributed by atoms with Crippen molar-refractivity contribution in [3.05, 3.63) is 75.7 Å². The first kappa shape index (κ1) is 30.4. The Balaban J connectivity index is 0.00000168. The molecular weight excluding hydrogens is 570 g/mol. The van der Waals surface area contributed by atoms with Crippen molar-refractivity contribution in [2.45, 2.75) is 83.6 Å². The average Bonchev–Trinajstić information content (AvgIpc) is 3.79. The van der Waals surface area contributed by atoms with Gasteiger partial charge in [-0.05, 0) is 85.6 Å². The molecule has 1 N–H and O–H groups in total.